The molecule has 0 bridgehead atoms. The van der Waals surface area contributed by atoms with Crippen molar-refractivity contribution in [2.45, 2.75) is 39.7 Å². The molecule has 0 aliphatic rings. The van der Waals surface area contributed by atoms with Crippen LogP contribution in [0.15, 0.2) is 59.1 Å². The molecule has 0 aliphatic carbocycles. The lowest BCUT2D eigenvalue weighted by atomic mass is 10.1. The molecule has 1 heterocycles. The highest BCUT2D eigenvalue weighted by Gasteiger charge is 2.18. The van der Waals surface area contributed by atoms with Gasteiger partial charge in [0.25, 0.3) is 0 Å². The Morgan fingerprint density at radius 2 is 1.63 bits per heavy atom. The zero-order valence-electron chi connectivity index (χ0n) is 16.4. The fourth-order valence-electron chi connectivity index (χ4n) is 2.95. The first kappa shape index (κ1) is 18.9. The van der Waals surface area contributed by atoms with Crippen molar-refractivity contribution in [3.05, 3.63) is 77.3 Å². The third-order valence-electron chi connectivity index (χ3n) is 4.98. The molecule has 0 N–H and O–H groups in total. The topological polar surface area (TPSA) is 46.3 Å². The molecular weight excluding hydrogens is 336 g/mol. The number of benzene rings is 2. The van der Waals surface area contributed by atoms with Crippen molar-refractivity contribution in [2.24, 2.45) is 0 Å². The SMILES string of the molecule is Cc1ccc(-c2cnc(CCC(=O)N(C)C(C)c3ccc(C)cc3)o2)cc1. The Morgan fingerprint density at radius 3 is 2.26 bits per heavy atom. The van der Waals surface area contributed by atoms with E-state index in [2.05, 4.69) is 43.1 Å². The summed E-state index contributed by atoms with van der Waals surface area (Å²) in [5.74, 6) is 1.41. The lowest BCUT2D eigenvalue weighted by Crippen LogP contribution is -2.29. The van der Waals surface area contributed by atoms with Gasteiger partial charge in [-0.1, -0.05) is 59.7 Å². The maximum absolute atomic E-state index is 12.6. The van der Waals surface area contributed by atoms with Crippen LogP contribution in [-0.4, -0.2) is 22.8 Å². The van der Waals surface area contributed by atoms with E-state index in [1.54, 1.807) is 11.1 Å². The van der Waals surface area contributed by atoms with Crippen LogP contribution in [0.1, 0.15) is 42.0 Å². The molecule has 0 radical (unpaired) electrons. The summed E-state index contributed by atoms with van der Waals surface area (Å²) >= 11 is 0. The van der Waals surface area contributed by atoms with Gasteiger partial charge in [0.05, 0.1) is 12.2 Å². The number of aromatic nitrogens is 1. The van der Waals surface area contributed by atoms with E-state index < -0.39 is 0 Å². The highest BCUT2D eigenvalue weighted by Crippen LogP contribution is 2.23. The van der Waals surface area contributed by atoms with Crippen LogP contribution in [0.3, 0.4) is 0 Å². The van der Waals surface area contributed by atoms with E-state index in [4.69, 9.17) is 4.42 Å². The Balaban J connectivity index is 1.58. The van der Waals surface area contributed by atoms with Gasteiger partial charge in [0, 0.05) is 25.5 Å². The normalized spacial score (nSPS) is 12.0. The molecule has 1 unspecified atom stereocenters. The van der Waals surface area contributed by atoms with Crippen LogP contribution >= 0.6 is 0 Å². The first-order valence-corrected chi connectivity index (χ1v) is 9.28. The van der Waals surface area contributed by atoms with Gasteiger partial charge in [-0.2, -0.15) is 0 Å². The number of carbonyl (C=O) groups is 1. The number of carbonyl (C=O) groups excluding carboxylic acids is 1. The maximum Gasteiger partial charge on any atom is 0.223 e. The molecule has 0 aliphatic heterocycles. The standard InChI is InChI=1S/C23H26N2O2/c1-16-5-9-19(10-6-16)18(3)25(4)23(26)14-13-22-24-15-21(27-22)20-11-7-17(2)8-12-20/h5-12,15,18H,13-14H2,1-4H3. The van der Waals surface area contributed by atoms with E-state index in [-0.39, 0.29) is 11.9 Å². The Hall–Kier alpha value is -2.88. The van der Waals surface area contributed by atoms with E-state index in [9.17, 15) is 4.79 Å². The Labute approximate surface area is 160 Å². The van der Waals surface area contributed by atoms with Gasteiger partial charge in [0.15, 0.2) is 11.7 Å². The highest BCUT2D eigenvalue weighted by atomic mass is 16.4. The Kier molecular flexibility index (Phi) is 5.75. The Morgan fingerprint density at radius 1 is 1.04 bits per heavy atom. The zero-order valence-corrected chi connectivity index (χ0v) is 16.4. The second-order valence-corrected chi connectivity index (χ2v) is 7.08. The van der Waals surface area contributed by atoms with Crippen molar-refractivity contribution >= 4 is 5.91 Å². The van der Waals surface area contributed by atoms with Gasteiger partial charge in [-0.25, -0.2) is 4.98 Å². The van der Waals surface area contributed by atoms with Gasteiger partial charge in [0.1, 0.15) is 0 Å². The molecule has 3 aromatic rings. The number of hydrogen-bond donors (Lipinski definition) is 0. The van der Waals surface area contributed by atoms with Crippen molar-refractivity contribution in [3.63, 3.8) is 0 Å². The van der Waals surface area contributed by atoms with Crippen LogP contribution in [-0.2, 0) is 11.2 Å². The minimum Gasteiger partial charge on any atom is -0.441 e. The summed E-state index contributed by atoms with van der Waals surface area (Å²) in [4.78, 5) is 18.7. The van der Waals surface area contributed by atoms with E-state index in [1.165, 1.54) is 11.1 Å². The third kappa shape index (κ3) is 4.64. The monoisotopic (exact) mass is 362 g/mol. The lowest BCUT2D eigenvalue weighted by Gasteiger charge is -2.25. The molecule has 4 heteroatoms. The summed E-state index contributed by atoms with van der Waals surface area (Å²) < 4.78 is 5.82. The molecule has 140 valence electrons. The van der Waals surface area contributed by atoms with E-state index in [0.717, 1.165) is 16.9 Å². The van der Waals surface area contributed by atoms with Crippen LogP contribution in [0.25, 0.3) is 11.3 Å². The molecule has 2 aromatic carbocycles. The molecule has 27 heavy (non-hydrogen) atoms. The fourth-order valence-corrected chi connectivity index (χ4v) is 2.95. The van der Waals surface area contributed by atoms with E-state index >= 15 is 0 Å². The van der Waals surface area contributed by atoms with Gasteiger partial charge >= 0.3 is 0 Å². The molecular formula is C23H26N2O2. The molecule has 0 saturated heterocycles. The fraction of sp³-hybridized carbons (Fsp3) is 0.304. The lowest BCUT2D eigenvalue weighted by molar-refractivity contribution is -0.131. The van der Waals surface area contributed by atoms with E-state index in [1.807, 2.05) is 38.2 Å². The third-order valence-corrected chi connectivity index (χ3v) is 4.98. The first-order chi connectivity index (χ1) is 12.9. The number of rotatable bonds is 6. The predicted octanol–water partition coefficient (Wildman–Crippen LogP) is 5.11. The molecule has 4 nitrogen and oxygen atoms in total. The van der Waals surface area contributed by atoms with Crippen LogP contribution in [0.4, 0.5) is 0 Å². The average molecular weight is 362 g/mol. The van der Waals surface area contributed by atoms with Crippen molar-refractivity contribution < 1.29 is 9.21 Å². The van der Waals surface area contributed by atoms with Crippen LogP contribution in [0.5, 0.6) is 0 Å². The average Bonchev–Trinajstić information content (AvgIpc) is 3.15. The van der Waals surface area contributed by atoms with Crippen LogP contribution in [0.2, 0.25) is 0 Å². The molecule has 1 aromatic heterocycles. The van der Waals surface area contributed by atoms with Crippen molar-refractivity contribution in [1.82, 2.24) is 9.88 Å². The molecule has 1 amide bonds. The molecule has 0 saturated carbocycles. The molecule has 3 rings (SSSR count). The quantitative estimate of drug-likeness (QED) is 0.612. The Bertz CT molecular complexity index is 895. The summed E-state index contributed by atoms with van der Waals surface area (Å²) in [6.45, 7) is 6.16. The molecule has 0 spiro atoms. The summed E-state index contributed by atoms with van der Waals surface area (Å²) in [5.41, 5.74) is 4.55. The van der Waals surface area contributed by atoms with Gasteiger partial charge in [-0.15, -0.1) is 0 Å². The summed E-state index contributed by atoms with van der Waals surface area (Å²) in [7, 11) is 1.85. The minimum atomic E-state index is 0.0331. The van der Waals surface area contributed by atoms with Gasteiger partial charge in [0.2, 0.25) is 5.91 Å². The van der Waals surface area contributed by atoms with Crippen molar-refractivity contribution in [3.8, 4) is 11.3 Å². The highest BCUT2D eigenvalue weighted by molar-refractivity contribution is 5.76. The first-order valence-electron chi connectivity index (χ1n) is 9.28. The predicted molar refractivity (Wildman–Crippen MR) is 107 cm³/mol. The molecule has 1 atom stereocenters. The van der Waals surface area contributed by atoms with Crippen LogP contribution in [0, 0.1) is 13.8 Å². The summed E-state index contributed by atoms with van der Waals surface area (Å²) in [6.07, 6.45) is 2.60. The smallest absolute Gasteiger partial charge is 0.223 e. The van der Waals surface area contributed by atoms with Crippen molar-refractivity contribution in [2.75, 3.05) is 7.05 Å². The van der Waals surface area contributed by atoms with Gasteiger partial charge in [-0.05, 0) is 26.3 Å². The molecule has 0 fully saturated rings. The number of hydrogen-bond acceptors (Lipinski definition) is 3. The van der Waals surface area contributed by atoms with E-state index in [0.29, 0.717) is 18.7 Å². The number of oxazole rings is 1. The van der Waals surface area contributed by atoms with Gasteiger partial charge in [-0.3, -0.25) is 4.79 Å². The second kappa shape index (κ2) is 8.21. The minimum absolute atomic E-state index is 0.0331. The van der Waals surface area contributed by atoms with Gasteiger partial charge < -0.3 is 9.32 Å². The number of aryl methyl sites for hydroxylation is 3. The summed E-state index contributed by atoms with van der Waals surface area (Å²) in [6, 6.07) is 16.4. The number of amides is 1. The van der Waals surface area contributed by atoms with Crippen LogP contribution < -0.4 is 0 Å². The largest absolute Gasteiger partial charge is 0.441 e. The number of nitrogens with zero attached hydrogens (tertiary/aromatic N) is 2. The summed E-state index contributed by atoms with van der Waals surface area (Å²) in [5, 5.41) is 0. The maximum atomic E-state index is 12.6. The second-order valence-electron chi connectivity index (χ2n) is 7.08. The van der Waals surface area contributed by atoms with Crippen molar-refractivity contribution in [1.29, 1.82) is 0 Å². The zero-order chi connectivity index (χ0) is 19.4.